The molecule has 1 N–H and O–H groups in total. The number of thioether (sulfide) groups is 1. The van der Waals surface area contributed by atoms with E-state index in [1.165, 1.54) is 11.8 Å². The van der Waals surface area contributed by atoms with Gasteiger partial charge < -0.3 is 19.5 Å². The van der Waals surface area contributed by atoms with Crippen LogP contribution in [0.3, 0.4) is 0 Å². The molecule has 1 atom stereocenters. The summed E-state index contributed by atoms with van der Waals surface area (Å²) in [6.07, 6.45) is 0. The van der Waals surface area contributed by atoms with Crippen LogP contribution in [0.4, 0.5) is 11.8 Å². The highest BCUT2D eigenvalue weighted by Gasteiger charge is 2.24. The Morgan fingerprint density at radius 2 is 2.04 bits per heavy atom. The fourth-order valence-corrected chi connectivity index (χ4v) is 3.61. The number of carbonyl (C=O) groups is 1. The van der Waals surface area contributed by atoms with Gasteiger partial charge in [0.1, 0.15) is 5.76 Å². The molecule has 3 rings (SSSR count). The Balaban J connectivity index is 1.72. The van der Waals surface area contributed by atoms with Crippen molar-refractivity contribution in [2.24, 2.45) is 5.92 Å². The molecule has 2 aromatic rings. The van der Waals surface area contributed by atoms with Gasteiger partial charge in [-0.2, -0.15) is 0 Å². The highest BCUT2D eigenvalue weighted by Crippen LogP contribution is 2.27. The van der Waals surface area contributed by atoms with Crippen molar-refractivity contribution in [1.82, 2.24) is 19.9 Å². The molecule has 148 valence electrons. The third kappa shape index (κ3) is 5.01. The molecule has 0 bridgehead atoms. The number of hydrogen-bond acceptors (Lipinski definition) is 8. The maximum atomic E-state index is 12.5. The number of nitrogens with one attached hydrogen (secondary N) is 1. The summed E-state index contributed by atoms with van der Waals surface area (Å²) in [5.74, 6) is 2.19. The Kier molecular flexibility index (Phi) is 6.38. The lowest BCUT2D eigenvalue weighted by Crippen LogP contribution is -2.38. The monoisotopic (exact) mass is 394 g/mol. The fraction of sp³-hybridized carbons (Fsp3) is 0.647. The van der Waals surface area contributed by atoms with Crippen LogP contribution in [0.15, 0.2) is 15.7 Å². The molecule has 0 aromatic carbocycles. The van der Waals surface area contributed by atoms with Crippen molar-refractivity contribution in [3.05, 3.63) is 11.8 Å². The van der Waals surface area contributed by atoms with Gasteiger partial charge in [-0.1, -0.05) is 30.8 Å². The predicted octanol–water partition coefficient (Wildman–Crippen LogP) is 2.19. The minimum Gasteiger partial charge on any atom is -0.378 e. The van der Waals surface area contributed by atoms with Crippen molar-refractivity contribution in [2.45, 2.75) is 44.6 Å². The Hall–Kier alpha value is -2.07. The molecule has 1 unspecified atom stereocenters. The summed E-state index contributed by atoms with van der Waals surface area (Å²) < 4.78 is 12.5. The normalized spacial score (nSPS) is 16.0. The van der Waals surface area contributed by atoms with Crippen LogP contribution in [0.25, 0.3) is 0 Å². The molecule has 27 heavy (non-hydrogen) atoms. The first-order valence-electron chi connectivity index (χ1n) is 9.10. The van der Waals surface area contributed by atoms with E-state index in [2.05, 4.69) is 44.0 Å². The molecular formula is C17H26N6O3S. The minimum absolute atomic E-state index is 0.152. The van der Waals surface area contributed by atoms with E-state index in [0.29, 0.717) is 30.7 Å². The van der Waals surface area contributed by atoms with Crippen LogP contribution >= 0.6 is 11.8 Å². The molecule has 1 saturated heterocycles. The van der Waals surface area contributed by atoms with Gasteiger partial charge in [0, 0.05) is 25.7 Å². The van der Waals surface area contributed by atoms with E-state index in [1.54, 1.807) is 13.0 Å². The molecule has 3 heterocycles. The first-order valence-corrected chi connectivity index (χ1v) is 9.98. The standard InChI is InChI=1S/C17H26N6O3S/c1-11(2)10-23-16(22-5-7-25-8-6-22)19-20-17(23)27-13(4)15(24)18-14-9-12(3)26-21-14/h9,11,13H,5-8,10H2,1-4H3,(H,18,21,24). The summed E-state index contributed by atoms with van der Waals surface area (Å²) in [7, 11) is 0. The Labute approximate surface area is 162 Å². The minimum atomic E-state index is -0.352. The molecule has 0 aliphatic carbocycles. The number of ether oxygens (including phenoxy) is 1. The van der Waals surface area contributed by atoms with Gasteiger partial charge in [0.15, 0.2) is 11.0 Å². The van der Waals surface area contributed by atoms with E-state index in [4.69, 9.17) is 9.26 Å². The summed E-state index contributed by atoms with van der Waals surface area (Å²) in [5.41, 5.74) is 0. The van der Waals surface area contributed by atoms with Crippen molar-refractivity contribution in [1.29, 1.82) is 0 Å². The lowest BCUT2D eigenvalue weighted by atomic mass is 10.2. The van der Waals surface area contributed by atoms with Gasteiger partial charge in [-0.25, -0.2) is 0 Å². The number of rotatable bonds is 7. The molecule has 9 nitrogen and oxygen atoms in total. The van der Waals surface area contributed by atoms with Gasteiger partial charge >= 0.3 is 0 Å². The van der Waals surface area contributed by atoms with Crippen LogP contribution in [0.5, 0.6) is 0 Å². The second kappa shape index (κ2) is 8.75. The number of nitrogens with zero attached hydrogens (tertiary/aromatic N) is 5. The lowest BCUT2D eigenvalue weighted by molar-refractivity contribution is -0.115. The third-order valence-electron chi connectivity index (χ3n) is 4.07. The van der Waals surface area contributed by atoms with Gasteiger partial charge in [-0.05, 0) is 19.8 Å². The van der Waals surface area contributed by atoms with E-state index in [-0.39, 0.29) is 11.2 Å². The number of carbonyl (C=O) groups excluding carboxylic acids is 1. The SMILES string of the molecule is Cc1cc(NC(=O)C(C)Sc2nnc(N3CCOCC3)n2CC(C)C)no1. The second-order valence-corrected chi connectivity index (χ2v) is 8.27. The summed E-state index contributed by atoms with van der Waals surface area (Å²) in [4.78, 5) is 14.7. The van der Waals surface area contributed by atoms with E-state index in [1.807, 2.05) is 6.92 Å². The average molecular weight is 395 g/mol. The van der Waals surface area contributed by atoms with Crippen LogP contribution < -0.4 is 10.2 Å². The number of aryl methyl sites for hydroxylation is 1. The van der Waals surface area contributed by atoms with Gasteiger partial charge in [0.25, 0.3) is 0 Å². The largest absolute Gasteiger partial charge is 0.378 e. The van der Waals surface area contributed by atoms with Crippen molar-refractivity contribution >= 4 is 29.4 Å². The zero-order chi connectivity index (χ0) is 19.4. The van der Waals surface area contributed by atoms with E-state index in [9.17, 15) is 4.79 Å². The van der Waals surface area contributed by atoms with Crippen molar-refractivity contribution in [3.63, 3.8) is 0 Å². The molecule has 1 aliphatic rings. The quantitative estimate of drug-likeness (QED) is 0.714. The molecule has 1 aliphatic heterocycles. The van der Waals surface area contributed by atoms with Gasteiger partial charge in [-0.3, -0.25) is 9.36 Å². The van der Waals surface area contributed by atoms with E-state index >= 15 is 0 Å². The summed E-state index contributed by atoms with van der Waals surface area (Å²) in [6.45, 7) is 11.7. The highest BCUT2D eigenvalue weighted by molar-refractivity contribution is 8.00. The summed E-state index contributed by atoms with van der Waals surface area (Å²) in [6, 6.07) is 1.69. The van der Waals surface area contributed by atoms with Crippen molar-refractivity contribution in [3.8, 4) is 0 Å². The molecule has 1 fully saturated rings. The molecule has 0 spiro atoms. The highest BCUT2D eigenvalue weighted by atomic mass is 32.2. The number of anilines is 2. The zero-order valence-electron chi connectivity index (χ0n) is 16.1. The zero-order valence-corrected chi connectivity index (χ0v) is 17.0. The third-order valence-corrected chi connectivity index (χ3v) is 5.15. The topological polar surface area (TPSA) is 98.3 Å². The molecule has 10 heteroatoms. The van der Waals surface area contributed by atoms with Crippen molar-refractivity contribution in [2.75, 3.05) is 36.5 Å². The maximum absolute atomic E-state index is 12.5. The van der Waals surface area contributed by atoms with Crippen molar-refractivity contribution < 1.29 is 14.1 Å². The van der Waals surface area contributed by atoms with E-state index in [0.717, 1.165) is 30.7 Å². The molecule has 0 saturated carbocycles. The Bertz CT molecular complexity index is 769. The number of morpholine rings is 1. The number of amides is 1. The first kappa shape index (κ1) is 19.7. The van der Waals surface area contributed by atoms with E-state index < -0.39 is 0 Å². The van der Waals surface area contributed by atoms with Gasteiger partial charge in [-0.15, -0.1) is 10.2 Å². The predicted molar refractivity (Wildman–Crippen MR) is 103 cm³/mol. The first-order chi connectivity index (χ1) is 12.9. The number of aromatic nitrogens is 4. The summed E-state index contributed by atoms with van der Waals surface area (Å²) >= 11 is 1.39. The molecule has 0 radical (unpaired) electrons. The molecular weight excluding hydrogens is 368 g/mol. The van der Waals surface area contributed by atoms with Gasteiger partial charge in [0.2, 0.25) is 11.9 Å². The maximum Gasteiger partial charge on any atom is 0.238 e. The lowest BCUT2D eigenvalue weighted by Gasteiger charge is -2.28. The molecule has 2 aromatic heterocycles. The Morgan fingerprint density at radius 1 is 1.30 bits per heavy atom. The summed E-state index contributed by atoms with van der Waals surface area (Å²) in [5, 5.41) is 15.7. The number of hydrogen-bond donors (Lipinski definition) is 1. The molecule has 1 amide bonds. The van der Waals surface area contributed by atoms with Crippen LogP contribution in [0.2, 0.25) is 0 Å². The average Bonchev–Trinajstić information content (AvgIpc) is 3.21. The van der Waals surface area contributed by atoms with Crippen LogP contribution in [-0.4, -0.2) is 57.4 Å². The smallest absolute Gasteiger partial charge is 0.238 e. The van der Waals surface area contributed by atoms with Crippen LogP contribution in [0, 0.1) is 12.8 Å². The Morgan fingerprint density at radius 3 is 2.67 bits per heavy atom. The van der Waals surface area contributed by atoms with Crippen LogP contribution in [0.1, 0.15) is 26.5 Å². The van der Waals surface area contributed by atoms with Crippen LogP contribution in [-0.2, 0) is 16.1 Å². The second-order valence-electron chi connectivity index (χ2n) is 6.96. The fourth-order valence-electron chi connectivity index (χ4n) is 2.76. The van der Waals surface area contributed by atoms with Gasteiger partial charge in [0.05, 0.1) is 18.5 Å².